The van der Waals surface area contributed by atoms with Crippen molar-refractivity contribution in [2.75, 3.05) is 0 Å². The van der Waals surface area contributed by atoms with Gasteiger partial charge in [-0.3, -0.25) is 9.59 Å². The summed E-state index contributed by atoms with van der Waals surface area (Å²) in [6.45, 7) is 0. The first-order valence-electron chi connectivity index (χ1n) is 7.65. The van der Waals surface area contributed by atoms with Gasteiger partial charge < -0.3 is 10.1 Å². The van der Waals surface area contributed by atoms with E-state index in [0.717, 1.165) is 33.9 Å². The normalized spacial score (nSPS) is 15.4. The highest BCUT2D eigenvalue weighted by Gasteiger charge is 2.51. The van der Waals surface area contributed by atoms with E-state index in [1.807, 2.05) is 30.3 Å². The van der Waals surface area contributed by atoms with Crippen LogP contribution in [0.1, 0.15) is 28.8 Å². The smallest absolute Gasteiger partial charge is 0.314 e. The molecule has 3 aromatic rings. The van der Waals surface area contributed by atoms with Gasteiger partial charge in [0.1, 0.15) is 0 Å². The van der Waals surface area contributed by atoms with Crippen LogP contribution in [-0.2, 0) is 10.2 Å². The molecule has 0 spiro atoms. The van der Waals surface area contributed by atoms with E-state index in [-0.39, 0.29) is 0 Å². The summed E-state index contributed by atoms with van der Waals surface area (Å²) in [7, 11) is 0. The molecule has 0 atom stereocenters. The topological polar surface area (TPSA) is 70.2 Å². The SMILES string of the molecule is O=Cc1c[nH]c2cc(Cl)c(-c3ccc(C4(C(=O)O)CC4)cc3)cc12. The van der Waals surface area contributed by atoms with E-state index in [9.17, 15) is 14.7 Å². The van der Waals surface area contributed by atoms with Crippen LogP contribution < -0.4 is 0 Å². The largest absolute Gasteiger partial charge is 0.481 e. The number of fused-ring (bicyclic) bond motifs is 1. The summed E-state index contributed by atoms with van der Waals surface area (Å²) in [5.74, 6) is -0.766. The average Bonchev–Trinajstić information content (AvgIpc) is 3.31. The molecule has 4 rings (SSSR count). The van der Waals surface area contributed by atoms with Crippen molar-refractivity contribution >= 4 is 34.8 Å². The second-order valence-electron chi connectivity index (χ2n) is 6.20. The monoisotopic (exact) mass is 339 g/mol. The first kappa shape index (κ1) is 15.0. The first-order chi connectivity index (χ1) is 11.5. The second-order valence-corrected chi connectivity index (χ2v) is 6.61. The fraction of sp³-hybridized carbons (Fsp3) is 0.158. The van der Waals surface area contributed by atoms with Gasteiger partial charge in [0.05, 0.1) is 10.4 Å². The highest BCUT2D eigenvalue weighted by molar-refractivity contribution is 6.34. The zero-order valence-electron chi connectivity index (χ0n) is 12.7. The van der Waals surface area contributed by atoms with Gasteiger partial charge in [-0.1, -0.05) is 35.9 Å². The van der Waals surface area contributed by atoms with Gasteiger partial charge in [0, 0.05) is 28.2 Å². The van der Waals surface area contributed by atoms with E-state index in [2.05, 4.69) is 4.98 Å². The number of nitrogens with one attached hydrogen (secondary N) is 1. The Morgan fingerprint density at radius 3 is 2.50 bits per heavy atom. The molecule has 0 aliphatic heterocycles. The maximum absolute atomic E-state index is 11.4. The van der Waals surface area contributed by atoms with Crippen LogP contribution in [-0.4, -0.2) is 22.3 Å². The molecule has 2 N–H and O–H groups in total. The lowest BCUT2D eigenvalue weighted by molar-refractivity contribution is -0.140. The number of rotatable bonds is 4. The highest BCUT2D eigenvalue weighted by atomic mass is 35.5. The molecule has 4 nitrogen and oxygen atoms in total. The first-order valence-corrected chi connectivity index (χ1v) is 8.03. The van der Waals surface area contributed by atoms with Gasteiger partial charge in [-0.05, 0) is 36.1 Å². The predicted octanol–water partition coefficient (Wildman–Crippen LogP) is 4.42. The van der Waals surface area contributed by atoms with Crippen LogP contribution in [0.15, 0.2) is 42.6 Å². The zero-order chi connectivity index (χ0) is 16.9. The second kappa shape index (κ2) is 5.21. The van der Waals surface area contributed by atoms with Gasteiger partial charge in [-0.15, -0.1) is 0 Å². The number of aldehydes is 1. The highest BCUT2D eigenvalue weighted by Crippen LogP contribution is 2.48. The summed E-state index contributed by atoms with van der Waals surface area (Å²) in [5.41, 5.74) is 3.22. The van der Waals surface area contributed by atoms with Crippen molar-refractivity contribution in [2.24, 2.45) is 0 Å². The number of carbonyl (C=O) groups is 2. The third-order valence-electron chi connectivity index (χ3n) is 4.84. The Balaban J connectivity index is 1.78. The molecule has 0 radical (unpaired) electrons. The number of aromatic nitrogens is 1. The molecule has 1 aliphatic carbocycles. The lowest BCUT2D eigenvalue weighted by atomic mass is 9.93. The number of carboxylic acids is 1. The van der Waals surface area contributed by atoms with Crippen LogP contribution in [0.25, 0.3) is 22.0 Å². The molecule has 1 fully saturated rings. The molecule has 24 heavy (non-hydrogen) atoms. The Kier molecular flexibility index (Phi) is 3.25. The molecule has 120 valence electrons. The van der Waals surface area contributed by atoms with Crippen molar-refractivity contribution in [2.45, 2.75) is 18.3 Å². The van der Waals surface area contributed by atoms with Crippen molar-refractivity contribution in [1.82, 2.24) is 4.98 Å². The van der Waals surface area contributed by atoms with Gasteiger partial charge >= 0.3 is 5.97 Å². The number of aliphatic carboxylic acids is 1. The molecule has 0 bridgehead atoms. The summed E-state index contributed by atoms with van der Waals surface area (Å²) in [6, 6.07) is 11.2. The third kappa shape index (κ3) is 2.14. The standard InChI is InChI=1S/C19H14ClNO3/c20-16-8-17-15(12(10-22)9-21-17)7-14(16)11-1-3-13(4-2-11)19(5-6-19)18(23)24/h1-4,7-10,21H,5-6H2,(H,23,24). The summed E-state index contributed by atoms with van der Waals surface area (Å²) in [6.07, 6.45) is 3.83. The minimum absolute atomic E-state index is 0.578. The minimum Gasteiger partial charge on any atom is -0.481 e. The van der Waals surface area contributed by atoms with E-state index < -0.39 is 11.4 Å². The Morgan fingerprint density at radius 2 is 1.92 bits per heavy atom. The van der Waals surface area contributed by atoms with Crippen molar-refractivity contribution in [3.05, 3.63) is 58.7 Å². The number of carboxylic acid groups (broad SMARTS) is 1. The van der Waals surface area contributed by atoms with Gasteiger partial charge in [-0.25, -0.2) is 0 Å². The quantitative estimate of drug-likeness (QED) is 0.691. The number of halogens is 1. The summed E-state index contributed by atoms with van der Waals surface area (Å²) >= 11 is 6.38. The maximum Gasteiger partial charge on any atom is 0.314 e. The molecular weight excluding hydrogens is 326 g/mol. The Morgan fingerprint density at radius 1 is 1.21 bits per heavy atom. The predicted molar refractivity (Wildman–Crippen MR) is 92.7 cm³/mol. The lowest BCUT2D eigenvalue weighted by Crippen LogP contribution is -2.19. The summed E-state index contributed by atoms with van der Waals surface area (Å²) in [5, 5.41) is 10.8. The van der Waals surface area contributed by atoms with E-state index >= 15 is 0 Å². The molecule has 1 heterocycles. The zero-order valence-corrected chi connectivity index (χ0v) is 13.4. The third-order valence-corrected chi connectivity index (χ3v) is 5.15. The van der Waals surface area contributed by atoms with Crippen molar-refractivity contribution in [1.29, 1.82) is 0 Å². The van der Waals surface area contributed by atoms with Crippen LogP contribution in [0, 0.1) is 0 Å². The van der Waals surface area contributed by atoms with E-state index in [1.165, 1.54) is 0 Å². The molecule has 0 saturated heterocycles. The molecule has 1 aliphatic rings. The fourth-order valence-corrected chi connectivity index (χ4v) is 3.48. The van der Waals surface area contributed by atoms with Gasteiger partial charge in [0.2, 0.25) is 0 Å². The molecule has 2 aromatic carbocycles. The molecule has 1 aromatic heterocycles. The molecular formula is C19H14ClNO3. The molecule has 0 amide bonds. The minimum atomic E-state index is -0.766. The Bertz CT molecular complexity index is 968. The molecule has 5 heteroatoms. The average molecular weight is 340 g/mol. The van der Waals surface area contributed by atoms with Crippen LogP contribution in [0.4, 0.5) is 0 Å². The number of carbonyl (C=O) groups excluding carboxylic acids is 1. The Labute approximate surface area is 143 Å². The molecule has 0 unspecified atom stereocenters. The van der Waals surface area contributed by atoms with Gasteiger partial charge in [0.25, 0.3) is 0 Å². The number of H-pyrrole nitrogens is 1. The van der Waals surface area contributed by atoms with Crippen molar-refractivity contribution < 1.29 is 14.7 Å². The number of benzene rings is 2. The van der Waals surface area contributed by atoms with Crippen molar-refractivity contribution in [3.8, 4) is 11.1 Å². The van der Waals surface area contributed by atoms with Crippen LogP contribution in [0.2, 0.25) is 5.02 Å². The summed E-state index contributed by atoms with van der Waals surface area (Å²) in [4.78, 5) is 25.6. The number of hydrogen-bond donors (Lipinski definition) is 2. The van der Waals surface area contributed by atoms with Gasteiger partial charge in [-0.2, -0.15) is 0 Å². The van der Waals surface area contributed by atoms with E-state index in [1.54, 1.807) is 12.3 Å². The fourth-order valence-electron chi connectivity index (χ4n) is 3.20. The van der Waals surface area contributed by atoms with Crippen LogP contribution in [0.3, 0.4) is 0 Å². The van der Waals surface area contributed by atoms with Crippen LogP contribution >= 0.6 is 11.6 Å². The van der Waals surface area contributed by atoms with Gasteiger partial charge in [0.15, 0.2) is 6.29 Å². The molecule has 1 saturated carbocycles. The maximum atomic E-state index is 11.4. The number of hydrogen-bond acceptors (Lipinski definition) is 2. The van der Waals surface area contributed by atoms with E-state index in [0.29, 0.717) is 23.4 Å². The van der Waals surface area contributed by atoms with Crippen molar-refractivity contribution in [3.63, 3.8) is 0 Å². The van der Waals surface area contributed by atoms with E-state index in [4.69, 9.17) is 11.6 Å². The van der Waals surface area contributed by atoms with Crippen LogP contribution in [0.5, 0.6) is 0 Å². The number of aromatic amines is 1. The lowest BCUT2D eigenvalue weighted by Gasteiger charge is -2.12. The summed E-state index contributed by atoms with van der Waals surface area (Å²) < 4.78 is 0. The Hall–Kier alpha value is -2.59.